The van der Waals surface area contributed by atoms with Gasteiger partial charge in [-0.3, -0.25) is 9.69 Å². The average molecular weight is 253 g/mol. The second-order valence-electron chi connectivity index (χ2n) is 5.96. The summed E-state index contributed by atoms with van der Waals surface area (Å²) in [6.07, 6.45) is 4.59. The Morgan fingerprint density at radius 3 is 2.44 bits per heavy atom. The first-order chi connectivity index (χ1) is 8.56. The van der Waals surface area contributed by atoms with Crippen molar-refractivity contribution in [2.75, 3.05) is 13.1 Å². The zero-order valence-corrected chi connectivity index (χ0v) is 11.9. The molecular formula is C14H27N3O. The molecule has 0 aromatic heterocycles. The number of nitrogens with two attached hydrogens (primary N) is 1. The van der Waals surface area contributed by atoms with Crippen LogP contribution in [0.2, 0.25) is 0 Å². The zero-order chi connectivity index (χ0) is 13.3. The van der Waals surface area contributed by atoms with Crippen LogP contribution in [0.4, 0.5) is 0 Å². The molecule has 2 N–H and O–H groups in total. The van der Waals surface area contributed by atoms with Gasteiger partial charge in [-0.05, 0) is 46.5 Å². The van der Waals surface area contributed by atoms with Crippen molar-refractivity contribution in [3.63, 3.8) is 0 Å². The van der Waals surface area contributed by atoms with Crippen LogP contribution in [0.25, 0.3) is 0 Å². The summed E-state index contributed by atoms with van der Waals surface area (Å²) < 4.78 is 0. The SMILES string of the molecule is CC1CCC(C)N1C(C)C(=O)N1CCCC1CN. The molecule has 4 atom stereocenters. The van der Waals surface area contributed by atoms with E-state index in [1.54, 1.807) is 0 Å². The Hall–Kier alpha value is -0.610. The van der Waals surface area contributed by atoms with Crippen molar-refractivity contribution in [1.82, 2.24) is 9.80 Å². The molecule has 2 rings (SSSR count). The molecular weight excluding hydrogens is 226 g/mol. The summed E-state index contributed by atoms with van der Waals surface area (Å²) in [5.41, 5.74) is 5.76. The van der Waals surface area contributed by atoms with E-state index in [1.807, 2.05) is 4.90 Å². The van der Waals surface area contributed by atoms with Crippen LogP contribution < -0.4 is 5.73 Å². The number of amides is 1. The lowest BCUT2D eigenvalue weighted by Gasteiger charge is -2.35. The number of carbonyl (C=O) groups excluding carboxylic acids is 1. The van der Waals surface area contributed by atoms with E-state index in [1.165, 1.54) is 12.8 Å². The van der Waals surface area contributed by atoms with Crippen LogP contribution in [0.5, 0.6) is 0 Å². The Bertz CT molecular complexity index is 297. The topological polar surface area (TPSA) is 49.6 Å². The average Bonchev–Trinajstić information content (AvgIpc) is 2.94. The van der Waals surface area contributed by atoms with Crippen LogP contribution in [0.15, 0.2) is 0 Å². The van der Waals surface area contributed by atoms with Gasteiger partial charge in [0, 0.05) is 31.2 Å². The normalized spacial score (nSPS) is 35.1. The Morgan fingerprint density at radius 1 is 1.28 bits per heavy atom. The maximum atomic E-state index is 12.6. The lowest BCUT2D eigenvalue weighted by atomic mass is 10.1. The summed E-state index contributed by atoms with van der Waals surface area (Å²) in [7, 11) is 0. The van der Waals surface area contributed by atoms with E-state index < -0.39 is 0 Å². The van der Waals surface area contributed by atoms with Crippen molar-refractivity contribution in [3.05, 3.63) is 0 Å². The van der Waals surface area contributed by atoms with Gasteiger partial charge >= 0.3 is 0 Å². The highest BCUT2D eigenvalue weighted by Crippen LogP contribution is 2.28. The molecule has 4 nitrogen and oxygen atoms in total. The van der Waals surface area contributed by atoms with Crippen LogP contribution in [0, 0.1) is 0 Å². The highest BCUT2D eigenvalue weighted by atomic mass is 16.2. The van der Waals surface area contributed by atoms with E-state index >= 15 is 0 Å². The van der Waals surface area contributed by atoms with E-state index in [-0.39, 0.29) is 18.0 Å². The predicted octanol–water partition coefficient (Wildman–Crippen LogP) is 1.20. The Morgan fingerprint density at radius 2 is 1.89 bits per heavy atom. The Labute approximate surface area is 110 Å². The number of hydrogen-bond donors (Lipinski definition) is 1. The Kier molecular flexibility index (Phi) is 4.28. The molecule has 0 aliphatic carbocycles. The third-order valence-electron chi connectivity index (χ3n) is 4.76. The summed E-state index contributed by atoms with van der Waals surface area (Å²) in [4.78, 5) is 17.0. The molecule has 18 heavy (non-hydrogen) atoms. The van der Waals surface area contributed by atoms with Gasteiger partial charge in [-0.2, -0.15) is 0 Å². The van der Waals surface area contributed by atoms with E-state index in [9.17, 15) is 4.79 Å². The molecule has 0 saturated carbocycles. The maximum Gasteiger partial charge on any atom is 0.239 e. The molecule has 1 amide bonds. The number of carbonyl (C=O) groups is 1. The molecule has 104 valence electrons. The number of likely N-dealkylation sites (tertiary alicyclic amines) is 2. The summed E-state index contributed by atoms with van der Waals surface area (Å²) in [6, 6.07) is 1.33. The fourth-order valence-electron chi connectivity index (χ4n) is 3.72. The molecule has 2 fully saturated rings. The first kappa shape index (κ1) is 13.8. The quantitative estimate of drug-likeness (QED) is 0.822. The molecule has 4 unspecified atom stereocenters. The molecule has 2 aliphatic rings. The second kappa shape index (κ2) is 5.57. The van der Waals surface area contributed by atoms with Crippen molar-refractivity contribution < 1.29 is 4.79 Å². The molecule has 0 spiro atoms. The van der Waals surface area contributed by atoms with E-state index in [2.05, 4.69) is 25.7 Å². The molecule has 2 aliphatic heterocycles. The number of nitrogens with zero attached hydrogens (tertiary/aromatic N) is 2. The summed E-state index contributed by atoms with van der Waals surface area (Å²) in [5, 5.41) is 0. The number of rotatable bonds is 3. The van der Waals surface area contributed by atoms with Crippen LogP contribution in [0.3, 0.4) is 0 Å². The van der Waals surface area contributed by atoms with Crippen molar-refractivity contribution in [2.24, 2.45) is 5.73 Å². The number of hydrogen-bond acceptors (Lipinski definition) is 3. The molecule has 0 aromatic rings. The summed E-state index contributed by atoms with van der Waals surface area (Å²) in [5.74, 6) is 0.281. The first-order valence-corrected chi connectivity index (χ1v) is 7.34. The fraction of sp³-hybridized carbons (Fsp3) is 0.929. The Balaban J connectivity index is 2.04. The third-order valence-corrected chi connectivity index (χ3v) is 4.76. The minimum Gasteiger partial charge on any atom is -0.337 e. The highest BCUT2D eigenvalue weighted by Gasteiger charge is 2.38. The molecule has 0 radical (unpaired) electrons. The van der Waals surface area contributed by atoms with Crippen LogP contribution in [-0.4, -0.2) is 53.0 Å². The molecule has 2 saturated heterocycles. The lowest BCUT2D eigenvalue weighted by Crippen LogP contribution is -2.52. The standard InChI is InChI=1S/C14H27N3O/c1-10-6-7-11(2)17(10)12(3)14(18)16-8-4-5-13(16)9-15/h10-13H,4-9,15H2,1-3H3. The third kappa shape index (κ3) is 2.41. The molecule has 2 heterocycles. The molecule has 4 heteroatoms. The van der Waals surface area contributed by atoms with Gasteiger partial charge in [-0.25, -0.2) is 0 Å². The van der Waals surface area contributed by atoms with Crippen molar-refractivity contribution >= 4 is 5.91 Å². The van der Waals surface area contributed by atoms with Crippen LogP contribution in [0.1, 0.15) is 46.5 Å². The van der Waals surface area contributed by atoms with Gasteiger partial charge in [0.25, 0.3) is 0 Å². The smallest absolute Gasteiger partial charge is 0.239 e. The largest absolute Gasteiger partial charge is 0.337 e. The van der Waals surface area contributed by atoms with Gasteiger partial charge in [0.1, 0.15) is 0 Å². The second-order valence-corrected chi connectivity index (χ2v) is 5.96. The predicted molar refractivity (Wildman–Crippen MR) is 73.2 cm³/mol. The van der Waals surface area contributed by atoms with Crippen molar-refractivity contribution in [2.45, 2.75) is 70.6 Å². The van der Waals surface area contributed by atoms with E-state index in [0.717, 1.165) is 19.4 Å². The van der Waals surface area contributed by atoms with Gasteiger partial charge in [0.15, 0.2) is 0 Å². The summed E-state index contributed by atoms with van der Waals surface area (Å²) >= 11 is 0. The van der Waals surface area contributed by atoms with Crippen LogP contribution >= 0.6 is 0 Å². The minimum absolute atomic E-state index is 0.00431. The first-order valence-electron chi connectivity index (χ1n) is 7.34. The maximum absolute atomic E-state index is 12.6. The highest BCUT2D eigenvalue weighted by molar-refractivity contribution is 5.82. The van der Waals surface area contributed by atoms with Gasteiger partial charge in [-0.15, -0.1) is 0 Å². The van der Waals surface area contributed by atoms with E-state index in [4.69, 9.17) is 5.73 Å². The van der Waals surface area contributed by atoms with E-state index in [0.29, 0.717) is 18.6 Å². The van der Waals surface area contributed by atoms with Crippen molar-refractivity contribution in [3.8, 4) is 0 Å². The lowest BCUT2D eigenvalue weighted by molar-refractivity contribution is -0.138. The molecule has 0 bridgehead atoms. The monoisotopic (exact) mass is 253 g/mol. The summed E-state index contributed by atoms with van der Waals surface area (Å²) in [6.45, 7) is 8.02. The molecule has 0 aromatic carbocycles. The van der Waals surface area contributed by atoms with Crippen molar-refractivity contribution in [1.29, 1.82) is 0 Å². The minimum atomic E-state index is 0.00431. The van der Waals surface area contributed by atoms with Gasteiger partial charge in [-0.1, -0.05) is 0 Å². The van der Waals surface area contributed by atoms with Crippen LogP contribution in [-0.2, 0) is 4.79 Å². The van der Waals surface area contributed by atoms with Gasteiger partial charge < -0.3 is 10.6 Å². The zero-order valence-electron chi connectivity index (χ0n) is 11.9. The van der Waals surface area contributed by atoms with Gasteiger partial charge in [0.2, 0.25) is 5.91 Å². The fourth-order valence-corrected chi connectivity index (χ4v) is 3.72. The van der Waals surface area contributed by atoms with Gasteiger partial charge in [0.05, 0.1) is 6.04 Å².